The number of nitrogens with two attached hydrogens (primary N) is 1. The smallest absolute Gasteiger partial charge is 0.312 e. The van der Waals surface area contributed by atoms with Gasteiger partial charge < -0.3 is 10.5 Å². The first kappa shape index (κ1) is 14.5. The van der Waals surface area contributed by atoms with Crippen molar-refractivity contribution in [3.05, 3.63) is 12.4 Å². The number of halogens is 2. The third-order valence-electron chi connectivity index (χ3n) is 4.38. The lowest BCUT2D eigenvalue weighted by Gasteiger charge is -2.29. The number of nitrogens with zero attached hydrogens (tertiary/aromatic N) is 4. The van der Waals surface area contributed by atoms with Gasteiger partial charge in [0.05, 0.1) is 17.8 Å². The van der Waals surface area contributed by atoms with Crippen LogP contribution in [0.15, 0.2) is 6.33 Å². The van der Waals surface area contributed by atoms with Crippen molar-refractivity contribution in [2.45, 2.75) is 38.5 Å². The van der Waals surface area contributed by atoms with E-state index in [0.717, 1.165) is 12.8 Å². The van der Waals surface area contributed by atoms with Crippen molar-refractivity contribution < 1.29 is 9.13 Å². The van der Waals surface area contributed by atoms with Crippen LogP contribution in [-0.4, -0.2) is 31.0 Å². The van der Waals surface area contributed by atoms with Gasteiger partial charge in [-0.2, -0.15) is 14.4 Å². The molecule has 2 aromatic rings. The molecule has 3 heterocycles. The Labute approximate surface area is 126 Å². The fourth-order valence-electron chi connectivity index (χ4n) is 2.93. The first-order valence-electron chi connectivity index (χ1n) is 6.90. The highest BCUT2D eigenvalue weighted by atomic mass is 35.5. The van der Waals surface area contributed by atoms with Crippen LogP contribution in [0.4, 0.5) is 10.2 Å². The van der Waals surface area contributed by atoms with E-state index < -0.39 is 6.08 Å². The van der Waals surface area contributed by atoms with Gasteiger partial charge in [0.25, 0.3) is 0 Å². The SMILES string of the molecule is CC[C@@]1(CCl)O[C@@H](n2cnc3c(N)nc(F)nc32)C[C@@H]1C. The maximum absolute atomic E-state index is 13.4. The number of fused-ring (bicyclic) bond motifs is 1. The molecule has 0 aliphatic carbocycles. The minimum absolute atomic E-state index is 0.0291. The van der Waals surface area contributed by atoms with Crippen LogP contribution in [-0.2, 0) is 4.74 Å². The normalized spacial score (nSPS) is 29.3. The van der Waals surface area contributed by atoms with Crippen molar-refractivity contribution in [2.24, 2.45) is 5.92 Å². The summed E-state index contributed by atoms with van der Waals surface area (Å²) in [6.45, 7) is 4.15. The number of alkyl halides is 1. The molecule has 114 valence electrons. The van der Waals surface area contributed by atoms with Gasteiger partial charge in [0.15, 0.2) is 17.0 Å². The number of imidazole rings is 1. The predicted molar refractivity (Wildman–Crippen MR) is 77.3 cm³/mol. The number of aromatic nitrogens is 4. The van der Waals surface area contributed by atoms with Crippen LogP contribution in [0.1, 0.15) is 32.9 Å². The van der Waals surface area contributed by atoms with E-state index in [2.05, 4.69) is 21.9 Å². The monoisotopic (exact) mass is 313 g/mol. The summed E-state index contributed by atoms with van der Waals surface area (Å²) in [6.07, 6.45) is 1.99. The Morgan fingerprint density at radius 1 is 1.57 bits per heavy atom. The molecule has 2 aromatic heterocycles. The summed E-state index contributed by atoms with van der Waals surface area (Å²) in [6, 6.07) is 0. The number of rotatable bonds is 3. The van der Waals surface area contributed by atoms with Gasteiger partial charge in [0.1, 0.15) is 6.23 Å². The number of anilines is 1. The highest BCUT2D eigenvalue weighted by Gasteiger charge is 2.45. The van der Waals surface area contributed by atoms with Crippen molar-refractivity contribution in [2.75, 3.05) is 11.6 Å². The van der Waals surface area contributed by atoms with Crippen molar-refractivity contribution >= 4 is 28.6 Å². The van der Waals surface area contributed by atoms with Crippen molar-refractivity contribution in [3.63, 3.8) is 0 Å². The fourth-order valence-corrected chi connectivity index (χ4v) is 3.45. The van der Waals surface area contributed by atoms with Crippen molar-refractivity contribution in [3.8, 4) is 0 Å². The van der Waals surface area contributed by atoms with Crippen LogP contribution in [0.25, 0.3) is 11.2 Å². The van der Waals surface area contributed by atoms with Crippen LogP contribution in [0.3, 0.4) is 0 Å². The number of ether oxygens (including phenoxy) is 1. The minimum Gasteiger partial charge on any atom is -0.382 e. The van der Waals surface area contributed by atoms with Gasteiger partial charge >= 0.3 is 6.08 Å². The molecule has 0 unspecified atom stereocenters. The molecule has 0 amide bonds. The fraction of sp³-hybridized carbons (Fsp3) is 0.615. The van der Waals surface area contributed by atoms with Crippen LogP contribution >= 0.6 is 11.6 Å². The lowest BCUT2D eigenvalue weighted by atomic mass is 9.88. The summed E-state index contributed by atoms with van der Waals surface area (Å²) < 4.78 is 21.3. The zero-order valence-electron chi connectivity index (χ0n) is 11.9. The standard InChI is InChI=1S/C13H17ClFN5O/c1-3-13(5-14)7(2)4-8(21-13)20-6-17-9-10(16)18-12(15)19-11(9)20/h6-8H,3-5H2,1-2H3,(H2,16,18,19)/t7-,8+,13-/m0/s1. The molecule has 0 bridgehead atoms. The molecule has 1 aliphatic heterocycles. The van der Waals surface area contributed by atoms with Gasteiger partial charge in [-0.05, 0) is 18.8 Å². The first-order chi connectivity index (χ1) is 10.0. The lowest BCUT2D eigenvalue weighted by Crippen LogP contribution is -2.35. The Balaban J connectivity index is 2.03. The summed E-state index contributed by atoms with van der Waals surface area (Å²) in [5.74, 6) is 0.729. The van der Waals surface area contributed by atoms with E-state index in [9.17, 15) is 4.39 Å². The molecule has 3 atom stereocenters. The summed E-state index contributed by atoms with van der Waals surface area (Å²) in [7, 11) is 0. The van der Waals surface area contributed by atoms with E-state index in [0.29, 0.717) is 17.0 Å². The molecule has 21 heavy (non-hydrogen) atoms. The van der Waals surface area contributed by atoms with Gasteiger partial charge in [-0.25, -0.2) is 4.98 Å². The molecule has 0 saturated carbocycles. The van der Waals surface area contributed by atoms with E-state index in [4.69, 9.17) is 22.1 Å². The zero-order chi connectivity index (χ0) is 15.2. The Morgan fingerprint density at radius 2 is 2.33 bits per heavy atom. The number of nitrogen functional groups attached to an aromatic ring is 1. The maximum Gasteiger partial charge on any atom is 0.312 e. The first-order valence-corrected chi connectivity index (χ1v) is 7.43. The molecule has 1 fully saturated rings. The molecule has 0 radical (unpaired) electrons. The molecule has 1 aliphatic rings. The highest BCUT2D eigenvalue weighted by molar-refractivity contribution is 6.18. The quantitative estimate of drug-likeness (QED) is 0.695. The lowest BCUT2D eigenvalue weighted by molar-refractivity contribution is -0.0696. The van der Waals surface area contributed by atoms with E-state index in [1.807, 2.05) is 6.92 Å². The number of hydrogen-bond acceptors (Lipinski definition) is 5. The maximum atomic E-state index is 13.4. The number of hydrogen-bond donors (Lipinski definition) is 1. The largest absolute Gasteiger partial charge is 0.382 e. The Bertz CT molecular complexity index is 672. The summed E-state index contributed by atoms with van der Waals surface area (Å²) in [4.78, 5) is 11.4. The average Bonchev–Trinajstić information content (AvgIpc) is 3.00. The summed E-state index contributed by atoms with van der Waals surface area (Å²) in [5, 5.41) is 0. The Kier molecular flexibility index (Phi) is 3.49. The second-order valence-corrected chi connectivity index (χ2v) is 5.73. The zero-order valence-corrected chi connectivity index (χ0v) is 12.6. The molecular formula is C13H17ClFN5O. The van der Waals surface area contributed by atoms with Crippen LogP contribution in [0.5, 0.6) is 0 Å². The molecule has 6 nitrogen and oxygen atoms in total. The molecule has 8 heteroatoms. The highest BCUT2D eigenvalue weighted by Crippen LogP contribution is 2.44. The molecule has 0 aromatic carbocycles. The molecule has 0 spiro atoms. The molecular weight excluding hydrogens is 297 g/mol. The van der Waals surface area contributed by atoms with Crippen molar-refractivity contribution in [1.82, 2.24) is 19.5 Å². The second-order valence-electron chi connectivity index (χ2n) is 5.46. The van der Waals surface area contributed by atoms with Crippen LogP contribution in [0, 0.1) is 12.0 Å². The van der Waals surface area contributed by atoms with E-state index >= 15 is 0 Å². The second kappa shape index (κ2) is 5.06. The van der Waals surface area contributed by atoms with Crippen LogP contribution in [0.2, 0.25) is 0 Å². The third kappa shape index (κ3) is 2.15. The molecule has 2 N–H and O–H groups in total. The van der Waals surface area contributed by atoms with E-state index in [1.165, 1.54) is 0 Å². The Hall–Kier alpha value is -1.47. The Morgan fingerprint density at radius 3 is 2.95 bits per heavy atom. The van der Waals surface area contributed by atoms with E-state index in [-0.39, 0.29) is 23.6 Å². The van der Waals surface area contributed by atoms with Gasteiger partial charge in [-0.3, -0.25) is 4.57 Å². The third-order valence-corrected chi connectivity index (χ3v) is 4.83. The van der Waals surface area contributed by atoms with E-state index in [1.54, 1.807) is 10.9 Å². The average molecular weight is 314 g/mol. The minimum atomic E-state index is -0.869. The van der Waals surface area contributed by atoms with Crippen molar-refractivity contribution in [1.29, 1.82) is 0 Å². The van der Waals surface area contributed by atoms with Crippen LogP contribution < -0.4 is 5.73 Å². The van der Waals surface area contributed by atoms with Gasteiger partial charge in [0.2, 0.25) is 0 Å². The van der Waals surface area contributed by atoms with Gasteiger partial charge in [0, 0.05) is 0 Å². The van der Waals surface area contributed by atoms with Gasteiger partial charge in [-0.1, -0.05) is 13.8 Å². The predicted octanol–water partition coefficient (Wildman–Crippen LogP) is 2.49. The van der Waals surface area contributed by atoms with Gasteiger partial charge in [-0.15, -0.1) is 11.6 Å². The topological polar surface area (TPSA) is 78.9 Å². The molecule has 3 rings (SSSR count). The molecule has 1 saturated heterocycles. The summed E-state index contributed by atoms with van der Waals surface area (Å²) in [5.41, 5.74) is 6.03. The summed E-state index contributed by atoms with van der Waals surface area (Å²) >= 11 is 6.10.